The highest BCUT2D eigenvalue weighted by atomic mass is 19.1. The molecular formula is C23H23FN4O. The van der Waals surface area contributed by atoms with Gasteiger partial charge in [-0.2, -0.15) is 0 Å². The van der Waals surface area contributed by atoms with Crippen molar-refractivity contribution in [3.05, 3.63) is 72.0 Å². The molecule has 0 aliphatic carbocycles. The zero-order valence-corrected chi connectivity index (χ0v) is 16.3. The maximum absolute atomic E-state index is 13.3. The van der Waals surface area contributed by atoms with Crippen LogP contribution in [0.1, 0.15) is 30.1 Å². The molecule has 0 radical (unpaired) electrons. The molecule has 1 amide bonds. The Labute approximate surface area is 169 Å². The molecule has 6 heteroatoms. The zero-order valence-electron chi connectivity index (χ0n) is 16.3. The van der Waals surface area contributed by atoms with Crippen LogP contribution in [0.3, 0.4) is 0 Å². The number of nitrogens with one attached hydrogen (secondary N) is 1. The predicted octanol–water partition coefficient (Wildman–Crippen LogP) is 4.77. The lowest BCUT2D eigenvalue weighted by molar-refractivity contribution is 0.102. The van der Waals surface area contributed by atoms with Gasteiger partial charge in [-0.1, -0.05) is 25.1 Å². The van der Waals surface area contributed by atoms with Crippen LogP contribution < -0.4 is 10.2 Å². The van der Waals surface area contributed by atoms with E-state index in [0.29, 0.717) is 5.69 Å². The molecule has 1 N–H and O–H groups in total. The molecule has 2 aromatic carbocycles. The van der Waals surface area contributed by atoms with Crippen LogP contribution in [0.2, 0.25) is 0 Å². The fourth-order valence-corrected chi connectivity index (χ4v) is 3.47. The minimum atomic E-state index is -0.440. The number of rotatable bonds is 4. The van der Waals surface area contributed by atoms with Gasteiger partial charge in [-0.05, 0) is 61.2 Å². The number of halogens is 1. The number of hydrogen-bond donors (Lipinski definition) is 1. The topological polar surface area (TPSA) is 58.1 Å². The number of carbonyl (C=O) groups is 1. The summed E-state index contributed by atoms with van der Waals surface area (Å²) in [5, 5.41) is 11.6. The summed E-state index contributed by atoms with van der Waals surface area (Å²) < 4.78 is 13.3. The van der Waals surface area contributed by atoms with Gasteiger partial charge in [-0.15, -0.1) is 10.2 Å². The third-order valence-electron chi connectivity index (χ3n) is 5.26. The molecule has 0 atom stereocenters. The standard InChI is InChI=1S/C23H23FN4O/c1-16-10-12-28(13-11-16)22-9-8-21(26-27-22)17-4-3-7-20(15-17)25-23(29)18-5-2-6-19(24)14-18/h2-9,14-16H,10-13H2,1H3,(H,25,29). The molecule has 1 aromatic heterocycles. The summed E-state index contributed by atoms with van der Waals surface area (Å²) in [6.45, 7) is 4.31. The van der Waals surface area contributed by atoms with Gasteiger partial charge in [0.1, 0.15) is 5.82 Å². The molecule has 4 rings (SSSR count). The molecular weight excluding hydrogens is 367 g/mol. The summed E-state index contributed by atoms with van der Waals surface area (Å²) >= 11 is 0. The Bertz CT molecular complexity index is 998. The van der Waals surface area contributed by atoms with E-state index in [1.807, 2.05) is 30.3 Å². The molecule has 0 spiro atoms. The fourth-order valence-electron chi connectivity index (χ4n) is 3.47. The first-order valence-electron chi connectivity index (χ1n) is 9.84. The van der Waals surface area contributed by atoms with E-state index in [4.69, 9.17) is 0 Å². The van der Waals surface area contributed by atoms with Crippen molar-refractivity contribution >= 4 is 17.4 Å². The summed E-state index contributed by atoms with van der Waals surface area (Å²) in [7, 11) is 0. The molecule has 5 nitrogen and oxygen atoms in total. The van der Waals surface area contributed by atoms with E-state index in [2.05, 4.69) is 27.3 Å². The lowest BCUT2D eigenvalue weighted by atomic mass is 9.99. The van der Waals surface area contributed by atoms with Gasteiger partial charge in [0, 0.05) is 29.9 Å². The number of aromatic nitrogens is 2. The van der Waals surface area contributed by atoms with Crippen molar-refractivity contribution in [2.75, 3.05) is 23.3 Å². The summed E-state index contributed by atoms with van der Waals surface area (Å²) in [5.74, 6) is 0.868. The van der Waals surface area contributed by atoms with Crippen molar-refractivity contribution in [1.29, 1.82) is 0 Å². The van der Waals surface area contributed by atoms with E-state index in [0.717, 1.165) is 36.1 Å². The van der Waals surface area contributed by atoms with Crippen molar-refractivity contribution < 1.29 is 9.18 Å². The predicted molar refractivity (Wildman–Crippen MR) is 112 cm³/mol. The first-order valence-corrected chi connectivity index (χ1v) is 9.84. The average Bonchev–Trinajstić information content (AvgIpc) is 2.75. The highest BCUT2D eigenvalue weighted by molar-refractivity contribution is 6.04. The van der Waals surface area contributed by atoms with Crippen LogP contribution in [0.25, 0.3) is 11.3 Å². The number of piperidine rings is 1. The molecule has 148 valence electrons. The molecule has 2 heterocycles. The van der Waals surface area contributed by atoms with E-state index < -0.39 is 5.82 Å². The maximum atomic E-state index is 13.3. The molecule has 1 aliphatic heterocycles. The lowest BCUT2D eigenvalue weighted by Gasteiger charge is -2.30. The third-order valence-corrected chi connectivity index (χ3v) is 5.26. The van der Waals surface area contributed by atoms with Crippen LogP contribution in [0.15, 0.2) is 60.7 Å². The summed E-state index contributed by atoms with van der Waals surface area (Å²) in [4.78, 5) is 14.6. The summed E-state index contributed by atoms with van der Waals surface area (Å²) in [6.07, 6.45) is 2.35. The van der Waals surface area contributed by atoms with Crippen LogP contribution in [-0.4, -0.2) is 29.2 Å². The first-order chi connectivity index (χ1) is 14.1. The highest BCUT2D eigenvalue weighted by Crippen LogP contribution is 2.24. The Hall–Kier alpha value is -3.28. The molecule has 1 fully saturated rings. The van der Waals surface area contributed by atoms with Crippen molar-refractivity contribution in [2.24, 2.45) is 5.92 Å². The van der Waals surface area contributed by atoms with E-state index >= 15 is 0 Å². The van der Waals surface area contributed by atoms with E-state index in [1.165, 1.54) is 31.0 Å². The van der Waals surface area contributed by atoms with Crippen LogP contribution >= 0.6 is 0 Å². The second-order valence-electron chi connectivity index (χ2n) is 7.49. The monoisotopic (exact) mass is 390 g/mol. The Kier molecular flexibility index (Phi) is 5.51. The summed E-state index contributed by atoms with van der Waals surface area (Å²) in [6, 6.07) is 17.0. The van der Waals surface area contributed by atoms with E-state index in [9.17, 15) is 9.18 Å². The second kappa shape index (κ2) is 8.39. The molecule has 1 aliphatic rings. The number of benzene rings is 2. The molecule has 0 unspecified atom stereocenters. The van der Waals surface area contributed by atoms with Crippen LogP contribution in [0, 0.1) is 11.7 Å². The minimum Gasteiger partial charge on any atom is -0.355 e. The normalized spacial score (nSPS) is 14.6. The van der Waals surface area contributed by atoms with Gasteiger partial charge in [0.25, 0.3) is 5.91 Å². The van der Waals surface area contributed by atoms with Crippen molar-refractivity contribution in [1.82, 2.24) is 10.2 Å². The number of anilines is 2. The van der Waals surface area contributed by atoms with Gasteiger partial charge < -0.3 is 10.2 Å². The van der Waals surface area contributed by atoms with E-state index in [-0.39, 0.29) is 11.5 Å². The van der Waals surface area contributed by atoms with Crippen molar-refractivity contribution in [3.63, 3.8) is 0 Å². The first kappa shape index (κ1) is 19.1. The van der Waals surface area contributed by atoms with Crippen molar-refractivity contribution in [2.45, 2.75) is 19.8 Å². The maximum Gasteiger partial charge on any atom is 0.255 e. The van der Waals surface area contributed by atoms with Gasteiger partial charge in [0.05, 0.1) is 5.69 Å². The average molecular weight is 390 g/mol. The van der Waals surface area contributed by atoms with Gasteiger partial charge in [-0.25, -0.2) is 4.39 Å². The molecule has 0 saturated carbocycles. The van der Waals surface area contributed by atoms with Gasteiger partial charge in [0.2, 0.25) is 0 Å². The number of nitrogens with zero attached hydrogens (tertiary/aromatic N) is 3. The lowest BCUT2D eigenvalue weighted by Crippen LogP contribution is -2.33. The zero-order chi connectivity index (χ0) is 20.2. The molecule has 3 aromatic rings. The van der Waals surface area contributed by atoms with Gasteiger partial charge in [-0.3, -0.25) is 4.79 Å². The second-order valence-corrected chi connectivity index (χ2v) is 7.49. The molecule has 0 bridgehead atoms. The Morgan fingerprint density at radius 1 is 1.03 bits per heavy atom. The smallest absolute Gasteiger partial charge is 0.255 e. The van der Waals surface area contributed by atoms with Crippen molar-refractivity contribution in [3.8, 4) is 11.3 Å². The third kappa shape index (κ3) is 4.59. The van der Waals surface area contributed by atoms with E-state index in [1.54, 1.807) is 12.1 Å². The van der Waals surface area contributed by atoms with Gasteiger partial charge in [0.15, 0.2) is 5.82 Å². The van der Waals surface area contributed by atoms with Crippen LogP contribution in [-0.2, 0) is 0 Å². The SMILES string of the molecule is CC1CCN(c2ccc(-c3cccc(NC(=O)c4cccc(F)c4)c3)nn2)CC1. The summed E-state index contributed by atoms with van der Waals surface area (Å²) in [5.41, 5.74) is 2.48. The molecule has 29 heavy (non-hydrogen) atoms. The Morgan fingerprint density at radius 2 is 1.83 bits per heavy atom. The largest absolute Gasteiger partial charge is 0.355 e. The number of carbonyl (C=O) groups excluding carboxylic acids is 1. The number of amides is 1. The van der Waals surface area contributed by atoms with Gasteiger partial charge >= 0.3 is 0 Å². The van der Waals surface area contributed by atoms with Crippen LogP contribution in [0.5, 0.6) is 0 Å². The minimum absolute atomic E-state index is 0.274. The Morgan fingerprint density at radius 3 is 2.55 bits per heavy atom. The fraction of sp³-hybridized carbons (Fsp3) is 0.261. The number of hydrogen-bond acceptors (Lipinski definition) is 4. The Balaban J connectivity index is 1.47. The van der Waals surface area contributed by atoms with Crippen LogP contribution in [0.4, 0.5) is 15.9 Å². The quantitative estimate of drug-likeness (QED) is 0.697. The highest BCUT2D eigenvalue weighted by Gasteiger charge is 2.17. The molecule has 1 saturated heterocycles.